The fourth-order valence-corrected chi connectivity index (χ4v) is 12.8. The van der Waals surface area contributed by atoms with Crippen molar-refractivity contribution in [1.29, 1.82) is 0 Å². The van der Waals surface area contributed by atoms with Gasteiger partial charge in [0.15, 0.2) is 14.5 Å². The number of carbonyl (C=O) groups is 2. The standard InChI is InChI=1S/C17H25ClN2OSi.C12H11ClN2O2/c1-11(2)22(12(3)4,13(5)6)20-8-7-15-16(18)14(10-21)9-19-17(15)20;1-2-17-10(16)4-3-8-7-15-12-9(11(8)13)5-6-14-12/h7-13H,1-6H3;3-7H,2H2,1H3,(H,14,15)/b;4-3+. The maximum Gasteiger partial charge on any atom is 0.330 e. The molecule has 0 aliphatic rings. The zero-order valence-electron chi connectivity index (χ0n) is 23.5. The van der Waals surface area contributed by atoms with Crippen LogP contribution in [0.3, 0.4) is 0 Å². The molecule has 0 aromatic carbocycles. The predicted octanol–water partition coefficient (Wildman–Crippen LogP) is 8.32. The average Bonchev–Trinajstić information content (AvgIpc) is 3.53. The summed E-state index contributed by atoms with van der Waals surface area (Å²) in [5, 5.41) is 2.79. The molecule has 7 nitrogen and oxygen atoms in total. The molecule has 10 heteroatoms. The number of H-pyrrole nitrogens is 1. The van der Waals surface area contributed by atoms with Gasteiger partial charge in [0.2, 0.25) is 0 Å². The van der Waals surface area contributed by atoms with E-state index in [0.29, 0.717) is 44.4 Å². The number of hydrogen-bond donors (Lipinski definition) is 1. The van der Waals surface area contributed by atoms with Gasteiger partial charge in [-0.3, -0.25) is 4.79 Å². The summed E-state index contributed by atoms with van der Waals surface area (Å²) in [4.78, 5) is 34.0. The lowest BCUT2D eigenvalue weighted by Crippen LogP contribution is -2.51. The van der Waals surface area contributed by atoms with E-state index in [-0.39, 0.29) is 0 Å². The summed E-state index contributed by atoms with van der Waals surface area (Å²) in [6.45, 7) is 16.0. The summed E-state index contributed by atoms with van der Waals surface area (Å²) in [6, 6.07) is 3.85. The van der Waals surface area contributed by atoms with Gasteiger partial charge < -0.3 is 14.0 Å². The molecule has 0 bridgehead atoms. The number of aromatic nitrogens is 4. The van der Waals surface area contributed by atoms with Crippen molar-refractivity contribution in [2.24, 2.45) is 0 Å². The fraction of sp³-hybridized carbons (Fsp3) is 0.379. The van der Waals surface area contributed by atoms with Crippen molar-refractivity contribution < 1.29 is 14.3 Å². The van der Waals surface area contributed by atoms with Crippen LogP contribution in [0, 0.1) is 0 Å². The van der Waals surface area contributed by atoms with Crippen LogP contribution >= 0.6 is 23.2 Å². The van der Waals surface area contributed by atoms with Crippen LogP contribution in [0.5, 0.6) is 0 Å². The lowest BCUT2D eigenvalue weighted by Gasteiger charge is -2.44. The Hall–Kier alpha value is -2.94. The number of aldehydes is 1. The van der Waals surface area contributed by atoms with Gasteiger partial charge in [-0.15, -0.1) is 0 Å². The van der Waals surface area contributed by atoms with E-state index in [4.69, 9.17) is 27.9 Å². The number of fused-ring (bicyclic) bond motifs is 2. The number of pyridine rings is 2. The van der Waals surface area contributed by atoms with Gasteiger partial charge in [0.1, 0.15) is 11.3 Å². The van der Waals surface area contributed by atoms with Crippen LogP contribution in [0.2, 0.25) is 26.7 Å². The summed E-state index contributed by atoms with van der Waals surface area (Å²) >= 11 is 12.6. The molecule has 4 heterocycles. The zero-order chi connectivity index (χ0) is 28.9. The van der Waals surface area contributed by atoms with E-state index >= 15 is 0 Å². The maximum absolute atomic E-state index is 11.2. The highest BCUT2D eigenvalue weighted by molar-refractivity contribution is 6.82. The number of aromatic amines is 1. The predicted molar refractivity (Wildman–Crippen MR) is 163 cm³/mol. The molecule has 0 unspecified atom stereocenters. The summed E-state index contributed by atoms with van der Waals surface area (Å²) < 4.78 is 7.19. The SMILES string of the molecule is CC(C)[Si](C(C)C)(C(C)C)n1ccc2c(Cl)c(C=O)cnc21.CCOC(=O)/C=C/c1cnc2[nH]ccc2c1Cl. The van der Waals surface area contributed by atoms with Crippen molar-refractivity contribution in [2.75, 3.05) is 6.61 Å². The molecular weight excluding hydrogens is 551 g/mol. The molecule has 4 rings (SSSR count). The molecule has 0 amide bonds. The third-order valence-corrected chi connectivity index (χ3v) is 14.8. The van der Waals surface area contributed by atoms with Gasteiger partial charge in [0.25, 0.3) is 0 Å². The van der Waals surface area contributed by atoms with E-state index in [9.17, 15) is 9.59 Å². The molecule has 0 fully saturated rings. The Bertz CT molecular complexity index is 1470. The van der Waals surface area contributed by atoms with E-state index in [1.807, 2.05) is 12.1 Å². The third-order valence-electron chi connectivity index (χ3n) is 7.23. The van der Waals surface area contributed by atoms with E-state index in [1.54, 1.807) is 31.6 Å². The van der Waals surface area contributed by atoms with Crippen LogP contribution in [-0.2, 0) is 9.53 Å². The molecule has 0 aliphatic heterocycles. The summed E-state index contributed by atoms with van der Waals surface area (Å²) in [5.41, 5.74) is 4.52. The first-order valence-corrected chi connectivity index (χ1v) is 16.0. The van der Waals surface area contributed by atoms with Gasteiger partial charge >= 0.3 is 5.97 Å². The lowest BCUT2D eigenvalue weighted by molar-refractivity contribution is -0.137. The number of carbonyl (C=O) groups excluding carboxylic acids is 2. The molecule has 4 aromatic rings. The van der Waals surface area contributed by atoms with Gasteiger partial charge in [-0.2, -0.15) is 0 Å². The van der Waals surface area contributed by atoms with E-state index < -0.39 is 14.2 Å². The molecule has 4 aromatic heterocycles. The van der Waals surface area contributed by atoms with Gasteiger partial charge in [-0.05, 0) is 48.0 Å². The largest absolute Gasteiger partial charge is 0.463 e. The second kappa shape index (κ2) is 12.9. The number of hydrogen-bond acceptors (Lipinski definition) is 5. The van der Waals surface area contributed by atoms with Crippen LogP contribution < -0.4 is 0 Å². The van der Waals surface area contributed by atoms with Crippen LogP contribution in [0.4, 0.5) is 0 Å². The van der Waals surface area contributed by atoms with Crippen molar-refractivity contribution in [1.82, 2.24) is 19.2 Å². The minimum atomic E-state index is -1.86. The monoisotopic (exact) mass is 586 g/mol. The highest BCUT2D eigenvalue weighted by Crippen LogP contribution is 2.44. The van der Waals surface area contributed by atoms with Gasteiger partial charge in [0, 0.05) is 41.0 Å². The van der Waals surface area contributed by atoms with Crippen molar-refractivity contribution in [3.63, 3.8) is 0 Å². The van der Waals surface area contributed by atoms with Crippen LogP contribution in [0.1, 0.15) is 64.4 Å². The smallest absolute Gasteiger partial charge is 0.330 e. The Morgan fingerprint density at radius 3 is 2.21 bits per heavy atom. The highest BCUT2D eigenvalue weighted by atomic mass is 35.5. The van der Waals surface area contributed by atoms with Gasteiger partial charge in [-0.1, -0.05) is 64.7 Å². The summed E-state index contributed by atoms with van der Waals surface area (Å²) in [5.74, 6) is -0.391. The number of esters is 1. The molecule has 208 valence electrons. The molecule has 39 heavy (non-hydrogen) atoms. The molecular formula is C29H36Cl2N4O3Si. The third kappa shape index (κ3) is 5.98. The number of ether oxygens (including phenoxy) is 1. The quantitative estimate of drug-likeness (QED) is 0.0969. The Kier molecular flexibility index (Phi) is 10.2. The van der Waals surface area contributed by atoms with E-state index in [0.717, 1.165) is 28.4 Å². The number of nitrogens with zero attached hydrogens (tertiary/aromatic N) is 3. The fourth-order valence-electron chi connectivity index (χ4n) is 5.75. The molecule has 0 radical (unpaired) electrons. The van der Waals surface area contributed by atoms with Crippen LogP contribution in [0.25, 0.3) is 28.1 Å². The number of halogens is 2. The Labute approximate surface area is 240 Å². The minimum Gasteiger partial charge on any atom is -0.463 e. The Morgan fingerprint density at radius 1 is 1.00 bits per heavy atom. The zero-order valence-corrected chi connectivity index (χ0v) is 26.0. The van der Waals surface area contributed by atoms with Gasteiger partial charge in [-0.25, -0.2) is 14.8 Å². The maximum atomic E-state index is 11.2. The van der Waals surface area contributed by atoms with Crippen molar-refractivity contribution >= 4 is 71.8 Å². The minimum absolute atomic E-state index is 0.353. The number of rotatable bonds is 8. The van der Waals surface area contributed by atoms with E-state index in [1.165, 1.54) is 6.08 Å². The highest BCUT2D eigenvalue weighted by Gasteiger charge is 2.46. The molecule has 0 atom stereocenters. The van der Waals surface area contributed by atoms with Crippen LogP contribution in [-0.4, -0.2) is 46.3 Å². The summed E-state index contributed by atoms with van der Waals surface area (Å²) in [6.07, 6.45) is 10.8. The normalized spacial score (nSPS) is 12.1. The van der Waals surface area contributed by atoms with Crippen LogP contribution in [0.15, 0.2) is 43.0 Å². The van der Waals surface area contributed by atoms with E-state index in [2.05, 4.69) is 66.9 Å². The first-order valence-electron chi connectivity index (χ1n) is 13.1. The van der Waals surface area contributed by atoms with Crippen molar-refractivity contribution in [3.8, 4) is 0 Å². The Morgan fingerprint density at radius 2 is 1.62 bits per heavy atom. The lowest BCUT2D eigenvalue weighted by atomic mass is 10.2. The molecule has 0 spiro atoms. The topological polar surface area (TPSA) is 89.9 Å². The second-order valence-corrected chi connectivity index (χ2v) is 16.7. The summed E-state index contributed by atoms with van der Waals surface area (Å²) in [7, 11) is -1.86. The molecule has 0 aliphatic carbocycles. The number of nitrogens with one attached hydrogen (secondary N) is 1. The molecule has 0 saturated carbocycles. The van der Waals surface area contributed by atoms with Crippen molar-refractivity contribution in [2.45, 2.75) is 65.1 Å². The first-order chi connectivity index (χ1) is 18.5. The van der Waals surface area contributed by atoms with Crippen molar-refractivity contribution in [3.05, 3.63) is 64.2 Å². The average molecular weight is 588 g/mol. The van der Waals surface area contributed by atoms with Gasteiger partial charge in [0.05, 0.1) is 22.2 Å². The second-order valence-electron chi connectivity index (χ2n) is 10.3. The molecule has 1 N–H and O–H groups in total. The molecule has 0 saturated heterocycles. The first kappa shape index (κ1) is 30.6. The Balaban J connectivity index is 0.000000223.